The number of hydrogen-bond acceptors (Lipinski definition) is 3. The molecule has 2 heterocycles. The topological polar surface area (TPSA) is 34.1 Å². The summed E-state index contributed by atoms with van der Waals surface area (Å²) in [6.45, 7) is 7.27. The highest BCUT2D eigenvalue weighted by molar-refractivity contribution is 5.26. The molecular formula is C13H20N2O. The monoisotopic (exact) mass is 220 g/mol. The first-order chi connectivity index (χ1) is 7.63. The number of aryl methyl sites for hydroxylation is 2. The van der Waals surface area contributed by atoms with E-state index in [1.54, 1.807) is 0 Å². The Morgan fingerprint density at radius 2 is 2.00 bits per heavy atom. The van der Waals surface area contributed by atoms with Crippen molar-refractivity contribution in [3.8, 4) is 5.75 Å². The number of hydrogen-bond donors (Lipinski definition) is 1. The SMILES string of the molecule is Cc1cc(O[C@H]2CCN[C@H](C)C2)cc(C)n1. The summed E-state index contributed by atoms with van der Waals surface area (Å²) in [5.41, 5.74) is 2.05. The summed E-state index contributed by atoms with van der Waals surface area (Å²) in [5, 5.41) is 3.43. The summed E-state index contributed by atoms with van der Waals surface area (Å²) >= 11 is 0. The van der Waals surface area contributed by atoms with Gasteiger partial charge in [-0.2, -0.15) is 0 Å². The molecule has 1 aromatic rings. The molecule has 1 aliphatic rings. The molecule has 88 valence electrons. The smallest absolute Gasteiger partial charge is 0.123 e. The van der Waals surface area contributed by atoms with E-state index in [0.717, 1.165) is 36.5 Å². The fourth-order valence-electron chi connectivity index (χ4n) is 2.25. The van der Waals surface area contributed by atoms with Gasteiger partial charge in [-0.3, -0.25) is 4.98 Å². The van der Waals surface area contributed by atoms with E-state index in [0.29, 0.717) is 12.1 Å². The largest absolute Gasteiger partial charge is 0.490 e. The van der Waals surface area contributed by atoms with Gasteiger partial charge in [0.15, 0.2) is 0 Å². The summed E-state index contributed by atoms with van der Waals surface area (Å²) in [5.74, 6) is 0.962. The molecule has 0 unspecified atom stereocenters. The van der Waals surface area contributed by atoms with Gasteiger partial charge in [-0.15, -0.1) is 0 Å². The van der Waals surface area contributed by atoms with E-state index >= 15 is 0 Å². The highest BCUT2D eigenvalue weighted by atomic mass is 16.5. The molecule has 16 heavy (non-hydrogen) atoms. The van der Waals surface area contributed by atoms with E-state index < -0.39 is 0 Å². The normalized spacial score (nSPS) is 25.4. The van der Waals surface area contributed by atoms with Gasteiger partial charge in [-0.05, 0) is 40.2 Å². The molecule has 3 nitrogen and oxygen atoms in total. The van der Waals surface area contributed by atoms with E-state index in [9.17, 15) is 0 Å². The van der Waals surface area contributed by atoms with Crippen LogP contribution in [0.5, 0.6) is 5.75 Å². The quantitative estimate of drug-likeness (QED) is 0.829. The van der Waals surface area contributed by atoms with Crippen LogP contribution >= 0.6 is 0 Å². The van der Waals surface area contributed by atoms with Crippen LogP contribution in [-0.2, 0) is 0 Å². The molecule has 0 aliphatic carbocycles. The van der Waals surface area contributed by atoms with Gasteiger partial charge in [0.2, 0.25) is 0 Å². The molecule has 0 saturated carbocycles. The lowest BCUT2D eigenvalue weighted by atomic mass is 10.0. The zero-order valence-corrected chi connectivity index (χ0v) is 10.3. The van der Waals surface area contributed by atoms with Crippen LogP contribution in [0.1, 0.15) is 31.2 Å². The third-order valence-corrected chi connectivity index (χ3v) is 2.93. The Morgan fingerprint density at radius 3 is 2.62 bits per heavy atom. The number of aromatic nitrogens is 1. The molecule has 2 atom stereocenters. The number of piperidine rings is 1. The van der Waals surface area contributed by atoms with Crippen molar-refractivity contribution in [1.29, 1.82) is 0 Å². The summed E-state index contributed by atoms with van der Waals surface area (Å²) in [4.78, 5) is 4.35. The van der Waals surface area contributed by atoms with Crippen molar-refractivity contribution in [3.63, 3.8) is 0 Å². The molecule has 1 saturated heterocycles. The number of nitrogens with one attached hydrogen (secondary N) is 1. The number of ether oxygens (including phenoxy) is 1. The van der Waals surface area contributed by atoms with E-state index in [2.05, 4.69) is 17.2 Å². The Labute approximate surface area is 97.2 Å². The van der Waals surface area contributed by atoms with Crippen LogP contribution in [0, 0.1) is 13.8 Å². The van der Waals surface area contributed by atoms with Crippen molar-refractivity contribution in [3.05, 3.63) is 23.5 Å². The van der Waals surface area contributed by atoms with Gasteiger partial charge in [0.05, 0.1) is 0 Å². The van der Waals surface area contributed by atoms with Crippen LogP contribution in [0.2, 0.25) is 0 Å². The van der Waals surface area contributed by atoms with Gasteiger partial charge in [-0.25, -0.2) is 0 Å². The van der Waals surface area contributed by atoms with Crippen LogP contribution in [-0.4, -0.2) is 23.7 Å². The average molecular weight is 220 g/mol. The van der Waals surface area contributed by atoms with Gasteiger partial charge in [0, 0.05) is 29.6 Å². The Bertz CT molecular complexity index is 345. The Balaban J connectivity index is 2.02. The maximum atomic E-state index is 6.01. The minimum Gasteiger partial charge on any atom is -0.490 e. The predicted octanol–water partition coefficient (Wildman–Crippen LogP) is 2.22. The third-order valence-electron chi connectivity index (χ3n) is 2.93. The van der Waals surface area contributed by atoms with Crippen LogP contribution < -0.4 is 10.1 Å². The van der Waals surface area contributed by atoms with E-state index in [1.165, 1.54) is 0 Å². The van der Waals surface area contributed by atoms with Crippen molar-refractivity contribution >= 4 is 0 Å². The van der Waals surface area contributed by atoms with Gasteiger partial charge in [-0.1, -0.05) is 0 Å². The first-order valence-electron chi connectivity index (χ1n) is 5.99. The standard InChI is InChI=1S/C13H20N2O/c1-9-6-12(4-5-14-9)16-13-7-10(2)15-11(3)8-13/h7-9,12,14H,4-6H2,1-3H3/t9-,12+/m1/s1. The lowest BCUT2D eigenvalue weighted by Gasteiger charge is -2.28. The molecular weight excluding hydrogens is 200 g/mol. The van der Waals surface area contributed by atoms with Crippen molar-refractivity contribution < 1.29 is 4.74 Å². The first-order valence-corrected chi connectivity index (χ1v) is 5.99. The van der Waals surface area contributed by atoms with Crippen molar-refractivity contribution in [1.82, 2.24) is 10.3 Å². The van der Waals surface area contributed by atoms with E-state index in [4.69, 9.17) is 4.74 Å². The van der Waals surface area contributed by atoms with Gasteiger partial charge < -0.3 is 10.1 Å². The van der Waals surface area contributed by atoms with Gasteiger partial charge in [0.25, 0.3) is 0 Å². The Morgan fingerprint density at radius 1 is 1.31 bits per heavy atom. The zero-order chi connectivity index (χ0) is 11.5. The fraction of sp³-hybridized carbons (Fsp3) is 0.615. The highest BCUT2D eigenvalue weighted by Crippen LogP contribution is 2.19. The third kappa shape index (κ3) is 2.95. The highest BCUT2D eigenvalue weighted by Gasteiger charge is 2.19. The van der Waals surface area contributed by atoms with Gasteiger partial charge >= 0.3 is 0 Å². The fourth-order valence-corrected chi connectivity index (χ4v) is 2.25. The van der Waals surface area contributed by atoms with E-state index in [-0.39, 0.29) is 0 Å². The Hall–Kier alpha value is -1.09. The second-order valence-corrected chi connectivity index (χ2v) is 4.71. The van der Waals surface area contributed by atoms with Crippen molar-refractivity contribution in [2.45, 2.75) is 45.8 Å². The van der Waals surface area contributed by atoms with Crippen LogP contribution in [0.15, 0.2) is 12.1 Å². The molecule has 0 aromatic carbocycles. The summed E-state index contributed by atoms with van der Waals surface area (Å²) in [6.07, 6.45) is 2.52. The molecule has 1 fully saturated rings. The molecule has 1 N–H and O–H groups in total. The summed E-state index contributed by atoms with van der Waals surface area (Å²) in [7, 11) is 0. The summed E-state index contributed by atoms with van der Waals surface area (Å²) in [6, 6.07) is 4.59. The maximum absolute atomic E-state index is 6.01. The molecule has 1 aromatic heterocycles. The molecule has 0 spiro atoms. The molecule has 0 amide bonds. The minimum absolute atomic E-state index is 0.345. The number of nitrogens with zero attached hydrogens (tertiary/aromatic N) is 1. The van der Waals surface area contributed by atoms with Crippen molar-refractivity contribution in [2.24, 2.45) is 0 Å². The lowest BCUT2D eigenvalue weighted by Crippen LogP contribution is -2.40. The number of pyridine rings is 1. The lowest BCUT2D eigenvalue weighted by molar-refractivity contribution is 0.144. The zero-order valence-electron chi connectivity index (χ0n) is 10.3. The molecule has 1 aliphatic heterocycles. The number of rotatable bonds is 2. The van der Waals surface area contributed by atoms with Crippen LogP contribution in [0.3, 0.4) is 0 Å². The van der Waals surface area contributed by atoms with Crippen molar-refractivity contribution in [2.75, 3.05) is 6.54 Å². The summed E-state index contributed by atoms with van der Waals surface area (Å²) < 4.78 is 6.01. The molecule has 0 radical (unpaired) electrons. The predicted molar refractivity (Wildman–Crippen MR) is 64.8 cm³/mol. The Kier molecular flexibility index (Phi) is 3.44. The van der Waals surface area contributed by atoms with Crippen LogP contribution in [0.4, 0.5) is 0 Å². The average Bonchev–Trinajstić information content (AvgIpc) is 2.15. The molecule has 3 heteroatoms. The maximum Gasteiger partial charge on any atom is 0.123 e. The van der Waals surface area contributed by atoms with Crippen LogP contribution in [0.25, 0.3) is 0 Å². The first kappa shape index (κ1) is 11.4. The molecule has 0 bridgehead atoms. The second kappa shape index (κ2) is 4.83. The minimum atomic E-state index is 0.345. The van der Waals surface area contributed by atoms with E-state index in [1.807, 2.05) is 26.0 Å². The second-order valence-electron chi connectivity index (χ2n) is 4.71. The molecule has 2 rings (SSSR count). The van der Waals surface area contributed by atoms with Gasteiger partial charge in [0.1, 0.15) is 11.9 Å².